The smallest absolute Gasteiger partial charge is 0.122 e. The van der Waals surface area contributed by atoms with Crippen LogP contribution in [0.25, 0.3) is 0 Å². The molecule has 0 bridgehead atoms. The maximum absolute atomic E-state index is 11.1. The van der Waals surface area contributed by atoms with Crippen LogP contribution in [0.2, 0.25) is 0 Å². The second-order valence-electron chi connectivity index (χ2n) is 12.0. The summed E-state index contributed by atoms with van der Waals surface area (Å²) in [5, 5.41) is 22.1. The van der Waals surface area contributed by atoms with E-state index in [-0.39, 0.29) is 10.8 Å². The first kappa shape index (κ1) is 27.6. The minimum atomic E-state index is -0.141. The summed E-state index contributed by atoms with van der Waals surface area (Å²) in [6.07, 6.45) is 3.94. The predicted molar refractivity (Wildman–Crippen MR) is 144 cm³/mol. The van der Waals surface area contributed by atoms with Gasteiger partial charge in [0.05, 0.1) is 0 Å². The highest BCUT2D eigenvalue weighted by Crippen LogP contribution is 2.43. The quantitative estimate of drug-likeness (QED) is 0.404. The number of aromatic hydroxyl groups is 2. The summed E-state index contributed by atoms with van der Waals surface area (Å²) in [6.45, 7) is 21.8. The van der Waals surface area contributed by atoms with Gasteiger partial charge in [-0.05, 0) is 70.9 Å². The lowest BCUT2D eigenvalue weighted by atomic mass is 9.84. The van der Waals surface area contributed by atoms with E-state index in [1.54, 1.807) is 11.8 Å². The Bertz CT molecular complexity index is 870. The summed E-state index contributed by atoms with van der Waals surface area (Å²) in [6, 6.07) is 8.63. The van der Waals surface area contributed by atoms with Crippen LogP contribution < -0.4 is 0 Å². The molecule has 0 aliphatic heterocycles. The molecule has 0 saturated carbocycles. The molecular weight excluding hydrogens is 424 g/mol. The van der Waals surface area contributed by atoms with Gasteiger partial charge in [-0.1, -0.05) is 93.8 Å². The molecule has 0 radical (unpaired) electrons. The molecule has 0 aliphatic carbocycles. The van der Waals surface area contributed by atoms with Crippen LogP contribution in [-0.4, -0.2) is 10.2 Å². The number of phenolic OH excluding ortho intramolecular Hbond substituents is 2. The topological polar surface area (TPSA) is 40.5 Å². The minimum Gasteiger partial charge on any atom is -0.507 e. The highest BCUT2D eigenvalue weighted by molar-refractivity contribution is 7.99. The molecule has 2 nitrogen and oxygen atoms in total. The van der Waals surface area contributed by atoms with Crippen LogP contribution in [0.1, 0.15) is 104 Å². The Hall–Kier alpha value is -1.61. The number of rotatable bonds is 8. The molecule has 0 aliphatic rings. The van der Waals surface area contributed by atoms with Gasteiger partial charge < -0.3 is 10.2 Å². The summed E-state index contributed by atoms with van der Waals surface area (Å²) in [7, 11) is 0. The largest absolute Gasteiger partial charge is 0.507 e. The third-order valence-corrected chi connectivity index (χ3v) is 7.65. The van der Waals surface area contributed by atoms with Gasteiger partial charge in [0.1, 0.15) is 11.5 Å². The Balaban J connectivity index is 2.60. The van der Waals surface area contributed by atoms with E-state index < -0.39 is 0 Å². The SMILES string of the molecule is CCC(C)Cc1cc(Sc2cc(CC(C)CC)c(O)c(C(C)(C)C)c2)cc(C(C)(C)C)c1O. The third-order valence-electron chi connectivity index (χ3n) is 6.71. The van der Waals surface area contributed by atoms with E-state index in [1.165, 1.54) is 0 Å². The van der Waals surface area contributed by atoms with E-state index in [4.69, 9.17) is 0 Å². The molecule has 0 aromatic heterocycles. The zero-order valence-electron chi connectivity index (χ0n) is 22.6. The maximum atomic E-state index is 11.1. The first-order valence-corrected chi connectivity index (χ1v) is 13.4. The van der Waals surface area contributed by atoms with Crippen LogP contribution in [-0.2, 0) is 23.7 Å². The summed E-state index contributed by atoms with van der Waals surface area (Å²) in [5.41, 5.74) is 3.79. The minimum absolute atomic E-state index is 0.141. The average Bonchev–Trinajstić information content (AvgIpc) is 2.70. The molecule has 2 unspecified atom stereocenters. The standard InChI is InChI=1S/C30H46O2S/c1-11-19(3)13-21-15-23(17-25(27(21)31)29(5,6)7)33-24-16-22(14-20(4)12-2)28(32)26(18-24)30(8,9)10/h15-20,31-32H,11-14H2,1-10H3. The molecule has 2 aromatic rings. The Morgan fingerprint density at radius 2 is 1.00 bits per heavy atom. The van der Waals surface area contributed by atoms with Crippen LogP contribution >= 0.6 is 11.8 Å². The van der Waals surface area contributed by atoms with Crippen molar-refractivity contribution >= 4 is 11.8 Å². The molecule has 2 atom stereocenters. The van der Waals surface area contributed by atoms with Crippen LogP contribution in [0.15, 0.2) is 34.1 Å². The molecule has 2 aromatic carbocycles. The molecule has 2 N–H and O–H groups in total. The summed E-state index contributed by atoms with van der Waals surface area (Å²) < 4.78 is 0. The van der Waals surface area contributed by atoms with Gasteiger partial charge in [-0.3, -0.25) is 0 Å². The molecule has 184 valence electrons. The van der Waals surface area contributed by atoms with E-state index in [9.17, 15) is 10.2 Å². The maximum Gasteiger partial charge on any atom is 0.122 e. The molecule has 0 spiro atoms. The second-order valence-corrected chi connectivity index (χ2v) is 13.1. The first-order chi connectivity index (χ1) is 15.2. The zero-order valence-corrected chi connectivity index (χ0v) is 23.4. The van der Waals surface area contributed by atoms with Crippen LogP contribution in [0.4, 0.5) is 0 Å². The van der Waals surface area contributed by atoms with Gasteiger partial charge in [0.15, 0.2) is 0 Å². The van der Waals surface area contributed by atoms with Crippen LogP contribution in [0.5, 0.6) is 11.5 Å². The molecule has 3 heteroatoms. The van der Waals surface area contributed by atoms with Crippen molar-refractivity contribution in [3.8, 4) is 11.5 Å². The third kappa shape index (κ3) is 7.18. The molecule has 0 heterocycles. The monoisotopic (exact) mass is 470 g/mol. The first-order valence-electron chi connectivity index (χ1n) is 12.6. The van der Waals surface area contributed by atoms with Gasteiger partial charge in [0.2, 0.25) is 0 Å². The van der Waals surface area contributed by atoms with Crippen molar-refractivity contribution in [2.45, 2.75) is 116 Å². The molecular formula is C30H46O2S. The molecule has 33 heavy (non-hydrogen) atoms. The normalized spacial score (nSPS) is 14.4. The lowest BCUT2D eigenvalue weighted by Gasteiger charge is -2.25. The van der Waals surface area contributed by atoms with Crippen molar-refractivity contribution in [1.82, 2.24) is 0 Å². The average molecular weight is 471 g/mol. The Kier molecular flexibility index (Phi) is 9.01. The van der Waals surface area contributed by atoms with Gasteiger partial charge in [-0.2, -0.15) is 0 Å². The number of hydrogen-bond acceptors (Lipinski definition) is 3. The molecule has 0 amide bonds. The summed E-state index contributed by atoms with van der Waals surface area (Å²) in [5.74, 6) is 1.94. The van der Waals surface area contributed by atoms with Crippen molar-refractivity contribution in [2.24, 2.45) is 11.8 Å². The van der Waals surface area contributed by atoms with Gasteiger partial charge in [-0.25, -0.2) is 0 Å². The van der Waals surface area contributed by atoms with Gasteiger partial charge in [0, 0.05) is 20.9 Å². The molecule has 0 fully saturated rings. The second kappa shape index (κ2) is 10.8. The Labute approximate surface area is 207 Å². The van der Waals surface area contributed by atoms with E-state index in [1.807, 2.05) is 0 Å². The van der Waals surface area contributed by atoms with Crippen LogP contribution in [0.3, 0.4) is 0 Å². The molecule has 0 saturated heterocycles. The fourth-order valence-electron chi connectivity index (χ4n) is 4.08. The van der Waals surface area contributed by atoms with Crippen molar-refractivity contribution in [2.75, 3.05) is 0 Å². The predicted octanol–water partition coefficient (Wildman–Crippen LogP) is 9.02. The fourth-order valence-corrected chi connectivity index (χ4v) is 5.11. The van der Waals surface area contributed by atoms with Crippen LogP contribution in [0, 0.1) is 11.8 Å². The van der Waals surface area contributed by atoms with E-state index in [0.717, 1.165) is 57.7 Å². The number of hydrogen-bond donors (Lipinski definition) is 2. The van der Waals surface area contributed by atoms with E-state index in [2.05, 4.69) is 93.5 Å². The highest BCUT2D eigenvalue weighted by Gasteiger charge is 2.24. The Morgan fingerprint density at radius 1 is 0.667 bits per heavy atom. The van der Waals surface area contributed by atoms with Crippen molar-refractivity contribution in [3.05, 3.63) is 46.5 Å². The van der Waals surface area contributed by atoms with Gasteiger partial charge in [-0.15, -0.1) is 0 Å². The van der Waals surface area contributed by atoms with E-state index >= 15 is 0 Å². The lowest BCUT2D eigenvalue weighted by molar-refractivity contribution is 0.431. The summed E-state index contributed by atoms with van der Waals surface area (Å²) >= 11 is 1.74. The van der Waals surface area contributed by atoms with Gasteiger partial charge >= 0.3 is 0 Å². The Morgan fingerprint density at radius 3 is 1.27 bits per heavy atom. The van der Waals surface area contributed by atoms with Gasteiger partial charge in [0.25, 0.3) is 0 Å². The highest BCUT2D eigenvalue weighted by atomic mass is 32.2. The molecule has 2 rings (SSSR count). The van der Waals surface area contributed by atoms with E-state index in [0.29, 0.717) is 23.3 Å². The lowest BCUT2D eigenvalue weighted by Crippen LogP contribution is -2.13. The zero-order chi connectivity index (χ0) is 25.1. The van der Waals surface area contributed by atoms with Crippen molar-refractivity contribution in [1.29, 1.82) is 0 Å². The number of phenols is 2. The number of benzene rings is 2. The summed E-state index contributed by atoms with van der Waals surface area (Å²) in [4.78, 5) is 2.30. The van der Waals surface area contributed by atoms with Crippen molar-refractivity contribution in [3.63, 3.8) is 0 Å². The fraction of sp³-hybridized carbons (Fsp3) is 0.600. The van der Waals surface area contributed by atoms with Crippen molar-refractivity contribution < 1.29 is 10.2 Å².